The van der Waals surface area contributed by atoms with Crippen LogP contribution >= 0.6 is 0 Å². The van der Waals surface area contributed by atoms with Crippen LogP contribution in [0.25, 0.3) is 0 Å². The van der Waals surface area contributed by atoms with Crippen molar-refractivity contribution >= 4 is 11.8 Å². The van der Waals surface area contributed by atoms with Gasteiger partial charge < -0.3 is 14.2 Å². The van der Waals surface area contributed by atoms with Crippen LogP contribution in [0.3, 0.4) is 0 Å². The van der Waals surface area contributed by atoms with Crippen molar-refractivity contribution in [3.05, 3.63) is 59.5 Å². The topological polar surface area (TPSA) is 57.0 Å². The molecule has 1 aliphatic heterocycles. The van der Waals surface area contributed by atoms with E-state index in [-0.39, 0.29) is 23.9 Å². The number of amides is 2. The van der Waals surface area contributed by atoms with Gasteiger partial charge in [0.2, 0.25) is 5.91 Å². The lowest BCUT2D eigenvalue weighted by molar-refractivity contribution is -0.137. The number of likely N-dealkylation sites (N-methyl/N-ethyl adjacent to an activating group) is 1. The second kappa shape index (κ2) is 8.69. The first kappa shape index (κ1) is 20.9. The summed E-state index contributed by atoms with van der Waals surface area (Å²) in [5.74, 6) is 0.344. The van der Waals surface area contributed by atoms with Crippen LogP contribution in [0.5, 0.6) is 0 Å². The fraction of sp³-hybridized carbons (Fsp3) is 0.400. The van der Waals surface area contributed by atoms with Gasteiger partial charge in [-0.1, -0.05) is 0 Å². The molecule has 0 spiro atoms. The van der Waals surface area contributed by atoms with Crippen molar-refractivity contribution < 1.29 is 27.2 Å². The predicted molar refractivity (Wildman–Crippen MR) is 99.0 cm³/mol. The Bertz CT molecular complexity index is 827. The maximum Gasteiger partial charge on any atom is 0.416 e. The Kier molecular flexibility index (Phi) is 6.26. The quantitative estimate of drug-likeness (QED) is 0.762. The average Bonchev–Trinajstić information content (AvgIpc) is 3.20. The molecule has 29 heavy (non-hydrogen) atoms. The minimum Gasteiger partial charge on any atom is -0.467 e. The molecule has 0 bridgehead atoms. The molecular formula is C20H22F3N3O3. The van der Waals surface area contributed by atoms with Crippen molar-refractivity contribution in [3.63, 3.8) is 0 Å². The molecule has 0 aliphatic carbocycles. The number of piperazine rings is 1. The number of hydrogen-bond donors (Lipinski definition) is 0. The van der Waals surface area contributed by atoms with Gasteiger partial charge in [0.05, 0.1) is 24.9 Å². The summed E-state index contributed by atoms with van der Waals surface area (Å²) >= 11 is 0. The zero-order chi connectivity index (χ0) is 21.0. The summed E-state index contributed by atoms with van der Waals surface area (Å²) in [6.07, 6.45) is -2.87. The Morgan fingerprint density at radius 3 is 2.28 bits per heavy atom. The van der Waals surface area contributed by atoms with E-state index in [0.717, 1.165) is 12.1 Å². The average molecular weight is 409 g/mol. The van der Waals surface area contributed by atoms with Crippen LogP contribution in [-0.4, -0.2) is 66.3 Å². The van der Waals surface area contributed by atoms with Gasteiger partial charge in [-0.05, 0) is 36.4 Å². The first-order chi connectivity index (χ1) is 13.7. The normalized spacial score (nSPS) is 15.4. The lowest BCUT2D eigenvalue weighted by Crippen LogP contribution is -2.51. The molecule has 0 unspecified atom stereocenters. The van der Waals surface area contributed by atoms with Gasteiger partial charge in [0.25, 0.3) is 5.91 Å². The van der Waals surface area contributed by atoms with Crippen LogP contribution in [0.15, 0.2) is 47.1 Å². The number of carbonyl (C=O) groups excluding carboxylic acids is 2. The number of hydrogen-bond acceptors (Lipinski definition) is 4. The molecule has 1 saturated heterocycles. The second-order valence-electron chi connectivity index (χ2n) is 6.97. The molecule has 1 aliphatic rings. The molecule has 0 atom stereocenters. The largest absolute Gasteiger partial charge is 0.467 e. The van der Waals surface area contributed by atoms with Gasteiger partial charge in [-0.3, -0.25) is 14.5 Å². The predicted octanol–water partition coefficient (Wildman–Crippen LogP) is 2.71. The zero-order valence-corrected chi connectivity index (χ0v) is 16.0. The third-order valence-corrected chi connectivity index (χ3v) is 4.88. The van der Waals surface area contributed by atoms with E-state index >= 15 is 0 Å². The van der Waals surface area contributed by atoms with Crippen molar-refractivity contribution in [1.29, 1.82) is 0 Å². The molecule has 2 aromatic rings. The van der Waals surface area contributed by atoms with Crippen LogP contribution in [-0.2, 0) is 17.5 Å². The number of furan rings is 1. The Labute approximate surface area is 166 Å². The van der Waals surface area contributed by atoms with Crippen LogP contribution < -0.4 is 0 Å². The van der Waals surface area contributed by atoms with Crippen LogP contribution in [0.4, 0.5) is 13.2 Å². The molecule has 3 rings (SSSR count). The highest BCUT2D eigenvalue weighted by Gasteiger charge is 2.31. The number of carbonyl (C=O) groups is 2. The van der Waals surface area contributed by atoms with Gasteiger partial charge in [0, 0.05) is 38.8 Å². The van der Waals surface area contributed by atoms with E-state index < -0.39 is 11.7 Å². The summed E-state index contributed by atoms with van der Waals surface area (Å²) in [5, 5.41) is 0. The number of rotatable bonds is 5. The number of nitrogens with zero attached hydrogens (tertiary/aromatic N) is 3. The molecule has 1 aromatic heterocycles. The summed E-state index contributed by atoms with van der Waals surface area (Å²) in [4.78, 5) is 30.0. The Hall–Kier alpha value is -2.81. The van der Waals surface area contributed by atoms with E-state index in [2.05, 4.69) is 0 Å². The maximum absolute atomic E-state index is 12.6. The van der Waals surface area contributed by atoms with Gasteiger partial charge in [0.1, 0.15) is 5.76 Å². The monoisotopic (exact) mass is 409 g/mol. The lowest BCUT2D eigenvalue weighted by atomic mass is 10.1. The molecule has 0 saturated carbocycles. The Morgan fingerprint density at radius 2 is 1.72 bits per heavy atom. The zero-order valence-electron chi connectivity index (χ0n) is 16.0. The van der Waals surface area contributed by atoms with E-state index in [4.69, 9.17) is 4.42 Å². The van der Waals surface area contributed by atoms with Gasteiger partial charge >= 0.3 is 6.18 Å². The van der Waals surface area contributed by atoms with E-state index in [9.17, 15) is 22.8 Å². The summed E-state index contributed by atoms with van der Waals surface area (Å²) in [6, 6.07) is 7.79. The van der Waals surface area contributed by atoms with Gasteiger partial charge in [-0.25, -0.2) is 0 Å². The molecular weight excluding hydrogens is 387 g/mol. The molecule has 6 nitrogen and oxygen atoms in total. The number of alkyl halides is 3. The Morgan fingerprint density at radius 1 is 1.07 bits per heavy atom. The van der Waals surface area contributed by atoms with Crippen LogP contribution in [0.1, 0.15) is 21.7 Å². The van der Waals surface area contributed by atoms with Crippen LogP contribution in [0.2, 0.25) is 0 Å². The van der Waals surface area contributed by atoms with E-state index in [1.165, 1.54) is 12.1 Å². The standard InChI is InChI=1S/C20H22F3N3O3/c1-24(13-17-3-2-12-29-17)18(27)14-25-8-10-26(11-9-25)19(28)15-4-6-16(7-5-15)20(21,22)23/h2-7,12H,8-11,13-14H2,1H3. The van der Waals surface area contributed by atoms with E-state index in [1.54, 1.807) is 35.2 Å². The summed E-state index contributed by atoms with van der Waals surface area (Å²) in [7, 11) is 1.70. The smallest absolute Gasteiger partial charge is 0.416 e. The fourth-order valence-electron chi connectivity index (χ4n) is 3.13. The Balaban J connectivity index is 1.48. The molecule has 1 fully saturated rings. The van der Waals surface area contributed by atoms with E-state index in [1.807, 2.05) is 4.90 Å². The molecule has 0 radical (unpaired) electrons. The minimum atomic E-state index is -4.43. The fourth-order valence-corrected chi connectivity index (χ4v) is 3.13. The summed E-state index contributed by atoms with van der Waals surface area (Å²) in [6.45, 7) is 2.49. The molecule has 9 heteroatoms. The third-order valence-electron chi connectivity index (χ3n) is 4.88. The highest BCUT2D eigenvalue weighted by molar-refractivity contribution is 5.94. The SMILES string of the molecule is CN(Cc1ccco1)C(=O)CN1CCN(C(=O)c2ccc(C(F)(F)F)cc2)CC1. The minimum absolute atomic E-state index is 0.0519. The number of benzene rings is 1. The van der Waals surface area contributed by atoms with Gasteiger partial charge in [-0.2, -0.15) is 13.2 Å². The molecule has 2 heterocycles. The second-order valence-corrected chi connectivity index (χ2v) is 6.97. The van der Waals surface area contributed by atoms with Gasteiger partial charge in [-0.15, -0.1) is 0 Å². The van der Waals surface area contributed by atoms with Crippen molar-refractivity contribution in [3.8, 4) is 0 Å². The van der Waals surface area contributed by atoms with Crippen molar-refractivity contribution in [2.24, 2.45) is 0 Å². The molecule has 2 amide bonds. The van der Waals surface area contributed by atoms with Crippen molar-refractivity contribution in [2.45, 2.75) is 12.7 Å². The third kappa shape index (κ3) is 5.38. The summed E-state index contributed by atoms with van der Waals surface area (Å²) in [5.41, 5.74) is -0.559. The van der Waals surface area contributed by atoms with Crippen molar-refractivity contribution in [1.82, 2.24) is 14.7 Å². The summed E-state index contributed by atoms with van der Waals surface area (Å²) < 4.78 is 43.2. The lowest BCUT2D eigenvalue weighted by Gasteiger charge is -2.35. The molecule has 156 valence electrons. The molecule has 1 aromatic carbocycles. The van der Waals surface area contributed by atoms with Crippen LogP contribution in [0, 0.1) is 0 Å². The molecule has 0 N–H and O–H groups in total. The van der Waals surface area contributed by atoms with E-state index in [0.29, 0.717) is 38.5 Å². The van der Waals surface area contributed by atoms with Crippen molar-refractivity contribution in [2.75, 3.05) is 39.8 Å². The maximum atomic E-state index is 12.6. The highest BCUT2D eigenvalue weighted by atomic mass is 19.4. The number of halogens is 3. The first-order valence-corrected chi connectivity index (χ1v) is 9.19. The first-order valence-electron chi connectivity index (χ1n) is 9.19. The van der Waals surface area contributed by atoms with Gasteiger partial charge in [0.15, 0.2) is 0 Å². The highest BCUT2D eigenvalue weighted by Crippen LogP contribution is 2.29.